The zero-order valence-corrected chi connectivity index (χ0v) is 9.72. The third kappa shape index (κ3) is 1.83. The van der Waals surface area contributed by atoms with Crippen LogP contribution in [-0.4, -0.2) is 31.6 Å². The van der Waals surface area contributed by atoms with E-state index >= 15 is 0 Å². The van der Waals surface area contributed by atoms with Crippen LogP contribution >= 0.6 is 0 Å². The summed E-state index contributed by atoms with van der Waals surface area (Å²) >= 11 is 0. The highest BCUT2D eigenvalue weighted by Gasteiger charge is 2.46. The van der Waals surface area contributed by atoms with Crippen molar-refractivity contribution in [2.45, 2.75) is 44.6 Å². The lowest BCUT2D eigenvalue weighted by molar-refractivity contribution is -0.146. The van der Waals surface area contributed by atoms with E-state index in [9.17, 15) is 14.7 Å². The number of rotatable bonds is 3. The number of Topliss-reactive ketones (excluding diaryl/α,β-unsaturated/α-hetero) is 1. The van der Waals surface area contributed by atoms with E-state index in [-0.39, 0.29) is 5.78 Å². The molecule has 6 nitrogen and oxygen atoms in total. The van der Waals surface area contributed by atoms with E-state index in [1.165, 1.54) is 6.33 Å². The van der Waals surface area contributed by atoms with Crippen molar-refractivity contribution >= 4 is 11.8 Å². The topological polar surface area (TPSA) is 85.1 Å². The molecule has 6 heteroatoms. The molecule has 0 unspecified atom stereocenters. The van der Waals surface area contributed by atoms with Crippen molar-refractivity contribution in [3.8, 4) is 0 Å². The lowest BCUT2D eigenvalue weighted by Crippen LogP contribution is -2.42. The Balaban J connectivity index is 2.42. The largest absolute Gasteiger partial charge is 0.480 e. The number of hydrogen-bond donors (Lipinski definition) is 1. The predicted molar refractivity (Wildman–Crippen MR) is 58.5 cm³/mol. The molecule has 1 aliphatic rings. The molecule has 1 aromatic rings. The van der Waals surface area contributed by atoms with Crippen LogP contribution in [-0.2, 0) is 21.5 Å². The number of nitrogens with zero attached hydrogens (tertiary/aromatic N) is 3. The van der Waals surface area contributed by atoms with Gasteiger partial charge in [-0.1, -0.05) is 0 Å². The summed E-state index contributed by atoms with van der Waals surface area (Å²) in [6, 6.07) is 0. The van der Waals surface area contributed by atoms with Crippen LogP contribution in [0.25, 0.3) is 0 Å². The van der Waals surface area contributed by atoms with Crippen LogP contribution in [0.5, 0.6) is 0 Å². The van der Waals surface area contributed by atoms with Crippen LogP contribution in [0.1, 0.15) is 38.4 Å². The number of ketones is 1. The minimum absolute atomic E-state index is 0.129. The van der Waals surface area contributed by atoms with Gasteiger partial charge in [-0.05, 0) is 19.8 Å². The number of aromatic nitrogens is 3. The summed E-state index contributed by atoms with van der Waals surface area (Å²) in [5.41, 5.74) is -1.04. The molecule has 0 radical (unpaired) electrons. The maximum Gasteiger partial charge on any atom is 0.317 e. The second-order valence-corrected chi connectivity index (χ2v) is 4.33. The van der Waals surface area contributed by atoms with E-state index in [0.717, 1.165) is 0 Å². The van der Waals surface area contributed by atoms with Gasteiger partial charge in [-0.25, -0.2) is 9.67 Å². The summed E-state index contributed by atoms with van der Waals surface area (Å²) < 4.78 is 1.60. The smallest absolute Gasteiger partial charge is 0.317 e. The first-order valence-electron chi connectivity index (χ1n) is 5.73. The zero-order valence-electron chi connectivity index (χ0n) is 9.72. The number of carboxylic acids is 1. The maximum absolute atomic E-state index is 11.6. The summed E-state index contributed by atoms with van der Waals surface area (Å²) in [7, 11) is 0. The first kappa shape index (κ1) is 11.8. The summed E-state index contributed by atoms with van der Waals surface area (Å²) in [5, 5.41) is 13.5. The number of carbonyl (C=O) groups excluding carboxylic acids is 1. The lowest BCUT2D eigenvalue weighted by Gasteiger charge is -2.31. The average Bonchev–Trinajstić information content (AvgIpc) is 2.78. The summed E-state index contributed by atoms with van der Waals surface area (Å²) in [6.45, 7) is 2.47. The van der Waals surface area contributed by atoms with Crippen LogP contribution < -0.4 is 0 Å². The van der Waals surface area contributed by atoms with E-state index in [4.69, 9.17) is 0 Å². The van der Waals surface area contributed by atoms with Crippen LogP contribution in [0.15, 0.2) is 6.33 Å². The lowest BCUT2D eigenvalue weighted by atomic mass is 9.73. The third-order valence-electron chi connectivity index (χ3n) is 3.41. The number of carbonyl (C=O) groups is 2. The molecular formula is C11H15N3O3. The molecule has 1 aromatic heterocycles. The Kier molecular flexibility index (Phi) is 2.95. The number of hydrogen-bond acceptors (Lipinski definition) is 4. The molecule has 0 saturated heterocycles. The van der Waals surface area contributed by atoms with Gasteiger partial charge < -0.3 is 5.11 Å². The Morgan fingerprint density at radius 3 is 2.71 bits per heavy atom. The minimum atomic E-state index is -1.04. The van der Waals surface area contributed by atoms with Crippen LogP contribution in [0.2, 0.25) is 0 Å². The highest BCUT2D eigenvalue weighted by Crippen LogP contribution is 2.37. The van der Waals surface area contributed by atoms with Gasteiger partial charge in [-0.2, -0.15) is 5.10 Å². The molecule has 0 aromatic carbocycles. The first-order chi connectivity index (χ1) is 8.10. The van der Waals surface area contributed by atoms with Gasteiger partial charge in [0, 0.05) is 19.4 Å². The number of aryl methyl sites for hydroxylation is 1. The summed E-state index contributed by atoms with van der Waals surface area (Å²) in [4.78, 5) is 26.9. The Hall–Kier alpha value is -1.72. The molecule has 0 spiro atoms. The van der Waals surface area contributed by atoms with Crippen molar-refractivity contribution in [1.29, 1.82) is 0 Å². The van der Waals surface area contributed by atoms with Gasteiger partial charge in [0.1, 0.15) is 23.3 Å². The fourth-order valence-electron chi connectivity index (χ4n) is 2.35. The SMILES string of the molecule is CCn1ncnc1C1(C(=O)O)CCC(=O)CC1. The highest BCUT2D eigenvalue weighted by molar-refractivity contribution is 5.86. The van der Waals surface area contributed by atoms with E-state index in [0.29, 0.717) is 38.1 Å². The van der Waals surface area contributed by atoms with Crippen LogP contribution in [0, 0.1) is 0 Å². The molecule has 1 fully saturated rings. The Labute approximate surface area is 98.7 Å². The van der Waals surface area contributed by atoms with Gasteiger partial charge in [0.25, 0.3) is 0 Å². The number of carboxylic acid groups (broad SMARTS) is 1. The molecule has 0 amide bonds. The molecule has 2 rings (SSSR count). The van der Waals surface area contributed by atoms with Crippen LogP contribution in [0.3, 0.4) is 0 Å². The normalized spacial score (nSPS) is 19.2. The van der Waals surface area contributed by atoms with Gasteiger partial charge in [0.2, 0.25) is 0 Å². The van der Waals surface area contributed by atoms with Crippen molar-refractivity contribution in [3.63, 3.8) is 0 Å². The Morgan fingerprint density at radius 2 is 2.18 bits per heavy atom. The van der Waals surface area contributed by atoms with E-state index in [2.05, 4.69) is 10.1 Å². The molecule has 0 aliphatic heterocycles. The van der Waals surface area contributed by atoms with Crippen molar-refractivity contribution in [2.75, 3.05) is 0 Å². The molecule has 92 valence electrons. The van der Waals surface area contributed by atoms with Gasteiger partial charge >= 0.3 is 5.97 Å². The molecule has 1 aliphatic carbocycles. The van der Waals surface area contributed by atoms with Crippen molar-refractivity contribution < 1.29 is 14.7 Å². The fourth-order valence-corrected chi connectivity index (χ4v) is 2.35. The molecule has 1 N–H and O–H groups in total. The minimum Gasteiger partial charge on any atom is -0.480 e. The summed E-state index contributed by atoms with van der Waals surface area (Å²) in [6.07, 6.45) is 2.63. The first-order valence-corrected chi connectivity index (χ1v) is 5.73. The van der Waals surface area contributed by atoms with E-state index in [1.807, 2.05) is 6.92 Å². The molecule has 17 heavy (non-hydrogen) atoms. The standard InChI is InChI=1S/C11H15N3O3/c1-2-14-9(12-7-13-14)11(10(16)17)5-3-8(15)4-6-11/h7H,2-6H2,1H3,(H,16,17). The molecule has 1 saturated carbocycles. The predicted octanol–water partition coefficient (Wildman–Crippen LogP) is 0.763. The second-order valence-electron chi connectivity index (χ2n) is 4.33. The highest BCUT2D eigenvalue weighted by atomic mass is 16.4. The van der Waals surface area contributed by atoms with Crippen molar-refractivity contribution in [2.24, 2.45) is 0 Å². The molecule has 0 bridgehead atoms. The monoisotopic (exact) mass is 237 g/mol. The zero-order chi connectivity index (χ0) is 12.5. The Morgan fingerprint density at radius 1 is 1.53 bits per heavy atom. The second kappa shape index (κ2) is 4.27. The average molecular weight is 237 g/mol. The Bertz CT molecular complexity index is 443. The quantitative estimate of drug-likeness (QED) is 0.839. The van der Waals surface area contributed by atoms with Gasteiger partial charge in [-0.15, -0.1) is 0 Å². The van der Waals surface area contributed by atoms with Gasteiger partial charge in [0.15, 0.2) is 0 Å². The van der Waals surface area contributed by atoms with Crippen molar-refractivity contribution in [3.05, 3.63) is 12.2 Å². The van der Waals surface area contributed by atoms with E-state index < -0.39 is 11.4 Å². The van der Waals surface area contributed by atoms with E-state index in [1.54, 1.807) is 4.68 Å². The van der Waals surface area contributed by atoms with Gasteiger partial charge in [0.05, 0.1) is 0 Å². The fraction of sp³-hybridized carbons (Fsp3) is 0.636. The van der Waals surface area contributed by atoms with Crippen molar-refractivity contribution in [1.82, 2.24) is 14.8 Å². The third-order valence-corrected chi connectivity index (χ3v) is 3.41. The maximum atomic E-state index is 11.6. The molecule has 0 atom stereocenters. The molecular weight excluding hydrogens is 222 g/mol. The summed E-state index contributed by atoms with van der Waals surface area (Å²) in [5.74, 6) is -0.308. The number of aliphatic carboxylic acids is 1. The van der Waals surface area contributed by atoms with Crippen LogP contribution in [0.4, 0.5) is 0 Å². The molecule has 1 heterocycles. The van der Waals surface area contributed by atoms with Gasteiger partial charge in [-0.3, -0.25) is 9.59 Å².